The van der Waals surface area contributed by atoms with Crippen LogP contribution in [0.25, 0.3) is 0 Å². The van der Waals surface area contributed by atoms with Crippen molar-refractivity contribution >= 4 is 0 Å². The molecule has 2 atom stereocenters. The Labute approximate surface area is 138 Å². The van der Waals surface area contributed by atoms with E-state index in [0.29, 0.717) is 18.7 Å². The zero-order chi connectivity index (χ0) is 17.4. The first-order valence-corrected chi connectivity index (χ1v) is 7.22. The van der Waals surface area contributed by atoms with Crippen molar-refractivity contribution in [3.63, 3.8) is 0 Å². The molecule has 126 valence electrons. The zero-order valence-corrected chi connectivity index (χ0v) is 12.9. The van der Waals surface area contributed by atoms with Gasteiger partial charge in [-0.05, 0) is 23.8 Å². The summed E-state index contributed by atoms with van der Waals surface area (Å²) in [6.45, 7) is 1.08. The van der Waals surface area contributed by atoms with Gasteiger partial charge in [0.2, 0.25) is 0 Å². The van der Waals surface area contributed by atoms with Crippen molar-refractivity contribution in [1.29, 1.82) is 5.26 Å². The molecule has 2 aromatic carbocycles. The van der Waals surface area contributed by atoms with Crippen molar-refractivity contribution in [3.8, 4) is 6.07 Å². The second-order valence-corrected chi connectivity index (χ2v) is 5.05. The van der Waals surface area contributed by atoms with Crippen molar-refractivity contribution in [2.75, 3.05) is 6.54 Å². The molecule has 0 spiro atoms. The molecule has 1 fully saturated rings. The van der Waals surface area contributed by atoms with Crippen LogP contribution in [0.5, 0.6) is 0 Å². The Hall–Kier alpha value is -2.37. The predicted molar refractivity (Wildman–Crippen MR) is 82.7 cm³/mol. The zero-order valence-electron chi connectivity index (χ0n) is 12.9. The van der Waals surface area contributed by atoms with E-state index in [4.69, 9.17) is 16.0 Å². The van der Waals surface area contributed by atoms with Crippen LogP contribution in [0.2, 0.25) is 0 Å². The Bertz CT molecular complexity index is 706. The summed E-state index contributed by atoms with van der Waals surface area (Å²) in [7, 11) is 0. The van der Waals surface area contributed by atoms with E-state index in [0.717, 1.165) is 5.56 Å². The summed E-state index contributed by atoms with van der Waals surface area (Å²) in [4.78, 5) is 9.51. The molecule has 0 amide bonds. The molecule has 0 radical (unpaired) electrons. The molecule has 1 aliphatic heterocycles. The van der Waals surface area contributed by atoms with Crippen LogP contribution in [0.4, 0.5) is 8.78 Å². The van der Waals surface area contributed by atoms with Gasteiger partial charge in [-0.15, -0.1) is 0 Å². The lowest BCUT2D eigenvalue weighted by atomic mass is 10.2. The van der Waals surface area contributed by atoms with Gasteiger partial charge in [0.15, 0.2) is 0 Å². The highest BCUT2D eigenvalue weighted by molar-refractivity contribution is 5.16. The number of benzene rings is 2. The SMILES string of the molecule is N#CC1CN1OCc1cccc(F)c1.NOCc1ccccc1F. The van der Waals surface area contributed by atoms with E-state index in [1.54, 1.807) is 35.4 Å². The van der Waals surface area contributed by atoms with Gasteiger partial charge < -0.3 is 0 Å². The highest BCUT2D eigenvalue weighted by Crippen LogP contribution is 2.18. The lowest BCUT2D eigenvalue weighted by molar-refractivity contribution is -0.0827. The third kappa shape index (κ3) is 5.68. The topological polar surface area (TPSA) is 71.3 Å². The van der Waals surface area contributed by atoms with Crippen LogP contribution < -0.4 is 5.90 Å². The first kappa shape index (κ1) is 18.0. The fraction of sp³-hybridized carbons (Fsp3) is 0.235. The Morgan fingerprint density at radius 3 is 2.58 bits per heavy atom. The molecule has 1 saturated heterocycles. The minimum atomic E-state index is -0.284. The Kier molecular flexibility index (Phi) is 6.78. The average molecular weight is 333 g/mol. The molecule has 24 heavy (non-hydrogen) atoms. The number of nitrogens with two attached hydrogens (primary N) is 1. The van der Waals surface area contributed by atoms with Crippen molar-refractivity contribution < 1.29 is 18.5 Å². The van der Waals surface area contributed by atoms with Crippen molar-refractivity contribution in [1.82, 2.24) is 5.06 Å². The molecular formula is C17H17F2N3O2. The van der Waals surface area contributed by atoms with Crippen LogP contribution >= 0.6 is 0 Å². The minimum absolute atomic E-state index is 0.118. The highest BCUT2D eigenvalue weighted by Gasteiger charge is 2.35. The molecule has 0 aliphatic carbocycles. The molecule has 0 bridgehead atoms. The number of hydroxylamine groups is 2. The van der Waals surface area contributed by atoms with E-state index in [1.807, 2.05) is 0 Å². The van der Waals surface area contributed by atoms with Gasteiger partial charge in [-0.3, -0.25) is 9.68 Å². The van der Waals surface area contributed by atoms with Gasteiger partial charge in [-0.1, -0.05) is 30.3 Å². The molecule has 7 heteroatoms. The molecule has 0 aromatic heterocycles. The maximum Gasteiger partial charge on any atom is 0.137 e. The summed E-state index contributed by atoms with van der Waals surface area (Å²) in [6, 6.07) is 14.5. The molecule has 1 heterocycles. The number of halogens is 2. The Balaban J connectivity index is 0.000000185. The summed E-state index contributed by atoms with van der Waals surface area (Å²) in [5.74, 6) is 4.21. The first-order valence-electron chi connectivity index (χ1n) is 7.22. The summed E-state index contributed by atoms with van der Waals surface area (Å²) >= 11 is 0. The lowest BCUT2D eigenvalue weighted by Crippen LogP contribution is -2.02. The van der Waals surface area contributed by atoms with Crippen LogP contribution in [0.15, 0.2) is 48.5 Å². The largest absolute Gasteiger partial charge is 0.300 e. The normalized spacial score (nSPS) is 18.2. The second-order valence-electron chi connectivity index (χ2n) is 5.05. The maximum absolute atomic E-state index is 12.7. The Morgan fingerprint density at radius 2 is 1.96 bits per heavy atom. The van der Waals surface area contributed by atoms with Crippen LogP contribution in [0.1, 0.15) is 11.1 Å². The molecule has 1 aliphatic rings. The van der Waals surface area contributed by atoms with Gasteiger partial charge in [0, 0.05) is 5.56 Å². The smallest absolute Gasteiger partial charge is 0.137 e. The number of nitrogens with zero attached hydrogens (tertiary/aromatic N) is 2. The van der Waals surface area contributed by atoms with Crippen molar-refractivity contribution in [2.45, 2.75) is 19.3 Å². The number of nitriles is 1. The van der Waals surface area contributed by atoms with Crippen molar-refractivity contribution in [2.24, 2.45) is 5.90 Å². The third-order valence-corrected chi connectivity index (χ3v) is 3.20. The average Bonchev–Trinajstić information content (AvgIpc) is 3.35. The van der Waals surface area contributed by atoms with E-state index >= 15 is 0 Å². The molecule has 2 unspecified atom stereocenters. The third-order valence-electron chi connectivity index (χ3n) is 3.20. The van der Waals surface area contributed by atoms with E-state index in [2.05, 4.69) is 10.9 Å². The van der Waals surface area contributed by atoms with Gasteiger partial charge in [0.25, 0.3) is 0 Å². The van der Waals surface area contributed by atoms with E-state index in [1.165, 1.54) is 18.2 Å². The molecule has 5 nitrogen and oxygen atoms in total. The van der Waals surface area contributed by atoms with E-state index in [9.17, 15) is 8.78 Å². The fourth-order valence-corrected chi connectivity index (χ4v) is 1.86. The van der Waals surface area contributed by atoms with E-state index in [-0.39, 0.29) is 24.3 Å². The monoisotopic (exact) mass is 333 g/mol. The Morgan fingerprint density at radius 1 is 1.17 bits per heavy atom. The fourth-order valence-electron chi connectivity index (χ4n) is 1.86. The summed E-state index contributed by atoms with van der Waals surface area (Å²) < 4.78 is 25.4. The molecule has 2 N–H and O–H groups in total. The molecular weight excluding hydrogens is 316 g/mol. The van der Waals surface area contributed by atoms with Crippen LogP contribution in [0, 0.1) is 23.0 Å². The highest BCUT2D eigenvalue weighted by atomic mass is 19.1. The van der Waals surface area contributed by atoms with Gasteiger partial charge in [-0.25, -0.2) is 14.7 Å². The van der Waals surface area contributed by atoms with Gasteiger partial charge in [0.05, 0.1) is 25.8 Å². The standard InChI is InChI=1S/C10H9FN2O.C7H8FNO/c11-9-3-1-2-8(4-9)7-14-13-6-10(13)5-12;8-7-4-2-1-3-6(7)5-10-9/h1-4,10H,6-7H2;1-4H,5,9H2. The summed E-state index contributed by atoms with van der Waals surface area (Å²) in [5, 5.41) is 10.1. The van der Waals surface area contributed by atoms with Crippen LogP contribution in [0.3, 0.4) is 0 Å². The predicted octanol–water partition coefficient (Wildman–Crippen LogP) is 2.68. The first-order chi connectivity index (χ1) is 11.6. The van der Waals surface area contributed by atoms with E-state index < -0.39 is 0 Å². The summed E-state index contributed by atoms with van der Waals surface area (Å²) in [6.07, 6.45) is 0. The number of hydrogen-bond acceptors (Lipinski definition) is 5. The quantitative estimate of drug-likeness (QED) is 0.673. The van der Waals surface area contributed by atoms with Crippen LogP contribution in [-0.2, 0) is 22.9 Å². The van der Waals surface area contributed by atoms with Crippen molar-refractivity contribution in [3.05, 3.63) is 71.3 Å². The van der Waals surface area contributed by atoms with Gasteiger partial charge >= 0.3 is 0 Å². The maximum atomic E-state index is 12.7. The lowest BCUT2D eigenvalue weighted by Gasteiger charge is -2.03. The number of rotatable bonds is 5. The molecule has 0 saturated carbocycles. The van der Waals surface area contributed by atoms with Crippen LogP contribution in [-0.4, -0.2) is 17.6 Å². The minimum Gasteiger partial charge on any atom is -0.300 e. The van der Waals surface area contributed by atoms with Gasteiger partial charge in [-0.2, -0.15) is 10.3 Å². The molecule has 2 aromatic rings. The summed E-state index contributed by atoms with van der Waals surface area (Å²) in [5.41, 5.74) is 1.25. The molecule has 3 rings (SSSR count). The number of hydrogen-bond donors (Lipinski definition) is 1. The second kappa shape index (κ2) is 9.05. The van der Waals surface area contributed by atoms with Gasteiger partial charge in [0.1, 0.15) is 17.7 Å².